The molecule has 0 amide bonds. The molecule has 2 aromatic rings. The average Bonchev–Trinajstić information content (AvgIpc) is 2.48. The Bertz CT molecular complexity index is 590. The topological polar surface area (TPSA) is 30.8 Å². The minimum Gasteiger partial charge on any atom is -0.497 e. The van der Waals surface area contributed by atoms with Crippen molar-refractivity contribution >= 4 is 12.1 Å². The van der Waals surface area contributed by atoms with Gasteiger partial charge in [-0.3, -0.25) is 0 Å². The van der Waals surface area contributed by atoms with Crippen molar-refractivity contribution in [3.8, 4) is 5.75 Å². The molecular formula is C16H15NO2. The van der Waals surface area contributed by atoms with Crippen molar-refractivity contribution in [1.29, 1.82) is 0 Å². The molecule has 0 saturated heterocycles. The molecule has 0 fully saturated rings. The molecule has 0 N–H and O–H groups in total. The van der Waals surface area contributed by atoms with Gasteiger partial charge < -0.3 is 9.47 Å². The van der Waals surface area contributed by atoms with Gasteiger partial charge in [0.15, 0.2) is 6.40 Å². The van der Waals surface area contributed by atoms with Crippen LogP contribution in [0.4, 0.5) is 5.69 Å². The lowest BCUT2D eigenvalue weighted by Gasteiger charge is -2.21. The Kier molecular flexibility index (Phi) is 3.19. The summed E-state index contributed by atoms with van der Waals surface area (Å²) in [5.74, 6) is 0.871. The number of rotatable bonds is 3. The highest BCUT2D eigenvalue weighted by molar-refractivity contribution is 5.63. The molecule has 0 aromatic heterocycles. The third kappa shape index (κ3) is 2.45. The molecule has 1 aliphatic heterocycles. The Morgan fingerprint density at radius 1 is 1.11 bits per heavy atom. The zero-order valence-corrected chi connectivity index (χ0v) is 10.7. The van der Waals surface area contributed by atoms with E-state index in [9.17, 15) is 0 Å². The van der Waals surface area contributed by atoms with Crippen molar-refractivity contribution < 1.29 is 9.47 Å². The number of aliphatic imine (C=N–C) groups is 1. The molecule has 0 bridgehead atoms. The van der Waals surface area contributed by atoms with E-state index in [-0.39, 0.29) is 6.10 Å². The smallest absolute Gasteiger partial charge is 0.175 e. The van der Waals surface area contributed by atoms with Crippen LogP contribution in [0.3, 0.4) is 0 Å². The van der Waals surface area contributed by atoms with Crippen LogP contribution in [0, 0.1) is 0 Å². The molecule has 2 aromatic carbocycles. The summed E-state index contributed by atoms with van der Waals surface area (Å²) in [5, 5.41) is 0. The quantitative estimate of drug-likeness (QED) is 0.835. The Hall–Kier alpha value is -2.29. The largest absolute Gasteiger partial charge is 0.497 e. The van der Waals surface area contributed by atoms with Crippen molar-refractivity contribution in [1.82, 2.24) is 0 Å². The summed E-state index contributed by atoms with van der Waals surface area (Å²) in [6, 6.07) is 16.2. The van der Waals surface area contributed by atoms with E-state index in [0.29, 0.717) is 0 Å². The van der Waals surface area contributed by atoms with Crippen molar-refractivity contribution in [3.63, 3.8) is 0 Å². The molecule has 0 radical (unpaired) electrons. The van der Waals surface area contributed by atoms with Gasteiger partial charge in [-0.05, 0) is 23.8 Å². The van der Waals surface area contributed by atoms with Crippen LogP contribution in [0.25, 0.3) is 0 Å². The molecule has 19 heavy (non-hydrogen) atoms. The summed E-state index contributed by atoms with van der Waals surface area (Å²) < 4.78 is 10.8. The average molecular weight is 253 g/mol. The van der Waals surface area contributed by atoms with E-state index >= 15 is 0 Å². The highest BCUT2D eigenvalue weighted by atomic mass is 16.5. The van der Waals surface area contributed by atoms with E-state index in [1.165, 1.54) is 12.0 Å². The first-order valence-electron chi connectivity index (χ1n) is 6.26. The lowest BCUT2D eigenvalue weighted by atomic mass is 9.99. The van der Waals surface area contributed by atoms with Crippen molar-refractivity contribution in [2.24, 2.45) is 4.99 Å². The van der Waals surface area contributed by atoms with E-state index in [1.54, 1.807) is 7.11 Å². The molecule has 0 saturated carbocycles. The first-order chi connectivity index (χ1) is 9.36. The Balaban J connectivity index is 1.82. The number of para-hydroxylation sites is 1. The first kappa shape index (κ1) is 11.8. The van der Waals surface area contributed by atoms with Crippen LogP contribution < -0.4 is 4.74 Å². The molecule has 1 unspecified atom stereocenters. The number of hydrogen-bond acceptors (Lipinski definition) is 3. The van der Waals surface area contributed by atoms with E-state index in [2.05, 4.69) is 23.2 Å². The van der Waals surface area contributed by atoms with E-state index < -0.39 is 0 Å². The summed E-state index contributed by atoms with van der Waals surface area (Å²) in [5.41, 5.74) is 3.35. The summed E-state index contributed by atoms with van der Waals surface area (Å²) in [7, 11) is 1.67. The van der Waals surface area contributed by atoms with Crippen LogP contribution >= 0.6 is 0 Å². The Morgan fingerprint density at radius 3 is 2.68 bits per heavy atom. The van der Waals surface area contributed by atoms with Crippen LogP contribution in [-0.4, -0.2) is 13.5 Å². The first-order valence-corrected chi connectivity index (χ1v) is 6.26. The lowest BCUT2D eigenvalue weighted by molar-refractivity contribution is 0.199. The molecule has 96 valence electrons. The van der Waals surface area contributed by atoms with Crippen LogP contribution in [0.15, 0.2) is 53.5 Å². The molecule has 0 spiro atoms. The van der Waals surface area contributed by atoms with Crippen molar-refractivity contribution in [3.05, 3.63) is 59.7 Å². The van der Waals surface area contributed by atoms with Gasteiger partial charge in [-0.1, -0.05) is 30.3 Å². The molecule has 3 nitrogen and oxygen atoms in total. The summed E-state index contributed by atoms with van der Waals surface area (Å²) in [6.45, 7) is 0. The van der Waals surface area contributed by atoms with Gasteiger partial charge in [-0.2, -0.15) is 0 Å². The number of hydrogen-bond donors (Lipinski definition) is 0. The Morgan fingerprint density at radius 2 is 1.89 bits per heavy atom. The van der Waals surface area contributed by atoms with Crippen molar-refractivity contribution in [2.75, 3.05) is 7.11 Å². The predicted molar refractivity (Wildman–Crippen MR) is 75.1 cm³/mol. The third-order valence-corrected chi connectivity index (χ3v) is 3.28. The number of benzene rings is 2. The highest BCUT2D eigenvalue weighted by Crippen LogP contribution is 2.33. The van der Waals surface area contributed by atoms with Gasteiger partial charge in [0.2, 0.25) is 0 Å². The maximum absolute atomic E-state index is 5.64. The number of fused-ring (bicyclic) bond motifs is 1. The predicted octanol–water partition coefficient (Wildman–Crippen LogP) is 3.67. The summed E-state index contributed by atoms with van der Waals surface area (Å²) in [6.07, 6.45) is 2.39. The van der Waals surface area contributed by atoms with Crippen LogP contribution in [0.1, 0.15) is 17.2 Å². The second-order valence-electron chi connectivity index (χ2n) is 4.47. The number of ether oxygens (including phenoxy) is 2. The van der Waals surface area contributed by atoms with E-state index in [4.69, 9.17) is 9.47 Å². The number of nitrogens with zero attached hydrogens (tertiary/aromatic N) is 1. The summed E-state index contributed by atoms with van der Waals surface area (Å²) >= 11 is 0. The van der Waals surface area contributed by atoms with Gasteiger partial charge in [0, 0.05) is 12.0 Å². The van der Waals surface area contributed by atoms with Gasteiger partial charge in [0.1, 0.15) is 11.9 Å². The van der Waals surface area contributed by atoms with Gasteiger partial charge in [0.25, 0.3) is 0 Å². The van der Waals surface area contributed by atoms with Crippen molar-refractivity contribution in [2.45, 2.75) is 12.5 Å². The molecular weight excluding hydrogens is 238 g/mol. The van der Waals surface area contributed by atoms with Gasteiger partial charge in [0.05, 0.1) is 12.8 Å². The van der Waals surface area contributed by atoms with Crippen LogP contribution in [0.2, 0.25) is 0 Å². The molecule has 0 aliphatic carbocycles. The fourth-order valence-electron chi connectivity index (χ4n) is 2.25. The molecule has 1 atom stereocenters. The lowest BCUT2D eigenvalue weighted by Crippen LogP contribution is -2.10. The maximum Gasteiger partial charge on any atom is 0.175 e. The third-order valence-electron chi connectivity index (χ3n) is 3.28. The van der Waals surface area contributed by atoms with Gasteiger partial charge in [-0.15, -0.1) is 0 Å². The minimum absolute atomic E-state index is 0.0297. The zero-order valence-electron chi connectivity index (χ0n) is 10.7. The SMILES string of the molecule is COc1ccc(CC2OC=Nc3ccccc32)cc1. The Labute approximate surface area is 112 Å². The molecule has 3 rings (SSSR count). The minimum atomic E-state index is 0.0297. The fraction of sp³-hybridized carbons (Fsp3) is 0.188. The van der Waals surface area contributed by atoms with E-state index in [0.717, 1.165) is 23.4 Å². The van der Waals surface area contributed by atoms with Gasteiger partial charge >= 0.3 is 0 Å². The second-order valence-corrected chi connectivity index (χ2v) is 4.47. The molecule has 3 heteroatoms. The molecule has 1 heterocycles. The standard InChI is InChI=1S/C16H15NO2/c1-18-13-8-6-12(7-9-13)10-16-14-4-2-3-5-15(14)17-11-19-16/h2-9,11,16H,10H2,1H3. The highest BCUT2D eigenvalue weighted by Gasteiger charge is 2.19. The summed E-state index contributed by atoms with van der Waals surface area (Å²) in [4.78, 5) is 4.25. The zero-order chi connectivity index (χ0) is 13.1. The van der Waals surface area contributed by atoms with Crippen LogP contribution in [0.5, 0.6) is 5.75 Å². The molecule has 1 aliphatic rings. The monoisotopic (exact) mass is 253 g/mol. The second kappa shape index (κ2) is 5.14. The normalized spacial score (nSPS) is 16.6. The van der Waals surface area contributed by atoms with Crippen LogP contribution in [-0.2, 0) is 11.2 Å². The fourth-order valence-corrected chi connectivity index (χ4v) is 2.25. The maximum atomic E-state index is 5.64. The van der Waals surface area contributed by atoms with E-state index in [1.807, 2.05) is 30.3 Å². The van der Waals surface area contributed by atoms with Gasteiger partial charge in [-0.25, -0.2) is 4.99 Å². The number of methoxy groups -OCH3 is 1.